The van der Waals surface area contributed by atoms with Gasteiger partial charge in [0.1, 0.15) is 5.69 Å². The molecule has 0 amide bonds. The first kappa shape index (κ1) is 16.2. The first-order valence-corrected chi connectivity index (χ1v) is 8.56. The van der Waals surface area contributed by atoms with Crippen molar-refractivity contribution in [3.05, 3.63) is 76.3 Å². The monoisotopic (exact) mass is 345 g/mol. The van der Waals surface area contributed by atoms with Gasteiger partial charge in [-0.15, -0.1) is 5.10 Å². The first-order valence-electron chi connectivity index (χ1n) is 8.56. The molecular formula is C20H19N5O. The fourth-order valence-corrected chi connectivity index (χ4v) is 3.06. The maximum Gasteiger partial charge on any atom is 0.190 e. The lowest BCUT2D eigenvalue weighted by Gasteiger charge is -2.12. The molecule has 0 unspecified atom stereocenters. The van der Waals surface area contributed by atoms with Crippen molar-refractivity contribution in [2.45, 2.75) is 26.3 Å². The van der Waals surface area contributed by atoms with Crippen LogP contribution in [0.5, 0.6) is 0 Å². The number of hydrogen-bond donors (Lipinski definition) is 1. The van der Waals surface area contributed by atoms with Crippen molar-refractivity contribution in [2.75, 3.05) is 0 Å². The van der Waals surface area contributed by atoms with E-state index < -0.39 is 0 Å². The maximum atomic E-state index is 12.3. The van der Waals surface area contributed by atoms with Crippen molar-refractivity contribution in [3.63, 3.8) is 0 Å². The normalized spacial score (nSPS) is 12.4. The number of nitrogens with zero attached hydrogens (tertiary/aromatic N) is 4. The Kier molecular flexibility index (Phi) is 4.08. The van der Waals surface area contributed by atoms with Crippen LogP contribution < -0.4 is 5.43 Å². The van der Waals surface area contributed by atoms with E-state index in [0.717, 1.165) is 17.6 Å². The van der Waals surface area contributed by atoms with E-state index in [0.29, 0.717) is 16.8 Å². The smallest absolute Gasteiger partial charge is 0.190 e. The fraction of sp³-hybridized carbons (Fsp3) is 0.200. The highest BCUT2D eigenvalue weighted by atomic mass is 16.1. The Morgan fingerprint density at radius 3 is 2.88 bits per heavy atom. The second-order valence-corrected chi connectivity index (χ2v) is 6.50. The summed E-state index contributed by atoms with van der Waals surface area (Å²) >= 11 is 0. The molecule has 0 spiro atoms. The van der Waals surface area contributed by atoms with Gasteiger partial charge in [-0.2, -0.15) is 0 Å². The standard InChI is InChI=1S/C20H19N5O/c1-13-6-5-9-21-17(13)10-14(2)25-12-19(23-24-25)18-11-20(26)15-7-3-4-8-16(15)22-18/h3-9,11-12,14H,10H2,1-2H3,(H,22,26)/t14-/m1/s1. The largest absolute Gasteiger partial charge is 0.353 e. The predicted molar refractivity (Wildman–Crippen MR) is 101 cm³/mol. The van der Waals surface area contributed by atoms with Gasteiger partial charge in [-0.05, 0) is 37.6 Å². The highest BCUT2D eigenvalue weighted by molar-refractivity contribution is 5.80. The van der Waals surface area contributed by atoms with Crippen molar-refractivity contribution >= 4 is 10.9 Å². The van der Waals surface area contributed by atoms with Gasteiger partial charge in [-0.25, -0.2) is 4.68 Å². The number of fused-ring (bicyclic) bond motifs is 1. The molecular weight excluding hydrogens is 326 g/mol. The molecule has 3 aromatic heterocycles. The van der Waals surface area contributed by atoms with Crippen LogP contribution >= 0.6 is 0 Å². The van der Waals surface area contributed by atoms with E-state index in [-0.39, 0.29) is 11.5 Å². The maximum absolute atomic E-state index is 12.3. The summed E-state index contributed by atoms with van der Waals surface area (Å²) in [4.78, 5) is 20.0. The minimum absolute atomic E-state index is 0.0268. The second-order valence-electron chi connectivity index (χ2n) is 6.50. The van der Waals surface area contributed by atoms with Crippen LogP contribution in [-0.4, -0.2) is 25.0 Å². The molecule has 0 saturated heterocycles. The van der Waals surface area contributed by atoms with Crippen molar-refractivity contribution in [1.82, 2.24) is 25.0 Å². The number of benzene rings is 1. The number of hydrogen-bond acceptors (Lipinski definition) is 4. The molecule has 26 heavy (non-hydrogen) atoms. The van der Waals surface area contributed by atoms with Crippen LogP contribution in [-0.2, 0) is 6.42 Å². The summed E-state index contributed by atoms with van der Waals surface area (Å²) in [5.74, 6) is 0. The van der Waals surface area contributed by atoms with E-state index in [1.54, 1.807) is 6.07 Å². The Morgan fingerprint density at radius 1 is 1.19 bits per heavy atom. The van der Waals surface area contributed by atoms with Gasteiger partial charge in [0, 0.05) is 35.3 Å². The van der Waals surface area contributed by atoms with E-state index >= 15 is 0 Å². The van der Waals surface area contributed by atoms with Gasteiger partial charge in [0.25, 0.3) is 0 Å². The number of nitrogens with one attached hydrogen (secondary N) is 1. The molecule has 1 aromatic carbocycles. The molecule has 1 atom stereocenters. The summed E-state index contributed by atoms with van der Waals surface area (Å²) in [6, 6.07) is 13.1. The lowest BCUT2D eigenvalue weighted by Crippen LogP contribution is -2.10. The molecule has 0 aliphatic heterocycles. The lowest BCUT2D eigenvalue weighted by atomic mass is 10.1. The molecule has 4 rings (SSSR count). The lowest BCUT2D eigenvalue weighted by molar-refractivity contribution is 0.469. The fourth-order valence-electron chi connectivity index (χ4n) is 3.06. The van der Waals surface area contributed by atoms with Gasteiger partial charge >= 0.3 is 0 Å². The SMILES string of the molecule is Cc1cccnc1C[C@@H](C)n1cc(-c2cc(=O)c3ccccc3[nH]2)nn1. The molecule has 0 aliphatic rings. The van der Waals surface area contributed by atoms with Crippen LogP contribution in [0.2, 0.25) is 0 Å². The average molecular weight is 345 g/mol. The zero-order chi connectivity index (χ0) is 18.1. The Hall–Kier alpha value is -3.28. The van der Waals surface area contributed by atoms with Crippen LogP contribution in [0.3, 0.4) is 0 Å². The molecule has 6 heteroatoms. The molecule has 6 nitrogen and oxygen atoms in total. The third kappa shape index (κ3) is 3.01. The molecule has 4 aromatic rings. The third-order valence-electron chi connectivity index (χ3n) is 4.58. The van der Waals surface area contributed by atoms with Crippen molar-refractivity contribution in [3.8, 4) is 11.4 Å². The molecule has 0 bridgehead atoms. The summed E-state index contributed by atoms with van der Waals surface area (Å²) in [7, 11) is 0. The van der Waals surface area contributed by atoms with E-state index in [1.807, 2.05) is 47.4 Å². The molecule has 130 valence electrons. The predicted octanol–water partition coefficient (Wildman–Crippen LogP) is 3.29. The number of aromatic amines is 1. The van der Waals surface area contributed by atoms with Gasteiger partial charge < -0.3 is 4.98 Å². The molecule has 1 N–H and O–H groups in total. The van der Waals surface area contributed by atoms with Gasteiger partial charge in [0.15, 0.2) is 5.43 Å². The molecule has 0 fully saturated rings. The number of pyridine rings is 2. The number of aromatic nitrogens is 5. The van der Waals surface area contributed by atoms with E-state index in [9.17, 15) is 4.79 Å². The minimum atomic E-state index is -0.0268. The van der Waals surface area contributed by atoms with Crippen LogP contribution in [0, 0.1) is 6.92 Å². The number of para-hydroxylation sites is 1. The Morgan fingerprint density at radius 2 is 2.04 bits per heavy atom. The number of rotatable bonds is 4. The summed E-state index contributed by atoms with van der Waals surface area (Å²) in [5, 5.41) is 9.16. The number of aryl methyl sites for hydroxylation is 1. The van der Waals surface area contributed by atoms with Gasteiger partial charge in [0.05, 0.1) is 17.9 Å². The molecule has 3 heterocycles. The van der Waals surface area contributed by atoms with Crippen LogP contribution in [0.15, 0.2) is 59.7 Å². The summed E-state index contributed by atoms with van der Waals surface area (Å²) in [6.07, 6.45) is 4.44. The van der Waals surface area contributed by atoms with E-state index in [1.165, 1.54) is 5.56 Å². The van der Waals surface area contributed by atoms with Gasteiger partial charge in [-0.3, -0.25) is 9.78 Å². The topological polar surface area (TPSA) is 76.5 Å². The van der Waals surface area contributed by atoms with E-state index in [4.69, 9.17) is 0 Å². The van der Waals surface area contributed by atoms with Gasteiger partial charge in [-0.1, -0.05) is 23.4 Å². The molecule has 0 radical (unpaired) electrons. The summed E-state index contributed by atoms with van der Waals surface area (Å²) in [6.45, 7) is 4.14. The first-order chi connectivity index (χ1) is 12.6. The van der Waals surface area contributed by atoms with Crippen molar-refractivity contribution < 1.29 is 0 Å². The second kappa shape index (κ2) is 6.55. The average Bonchev–Trinajstić information content (AvgIpc) is 3.14. The van der Waals surface area contributed by atoms with Crippen LogP contribution in [0.4, 0.5) is 0 Å². The minimum Gasteiger partial charge on any atom is -0.353 e. The van der Waals surface area contributed by atoms with Crippen LogP contribution in [0.25, 0.3) is 22.3 Å². The molecule has 0 saturated carbocycles. The highest BCUT2D eigenvalue weighted by Crippen LogP contribution is 2.19. The third-order valence-corrected chi connectivity index (χ3v) is 4.58. The zero-order valence-corrected chi connectivity index (χ0v) is 14.7. The van der Waals surface area contributed by atoms with Crippen molar-refractivity contribution in [2.24, 2.45) is 0 Å². The highest BCUT2D eigenvalue weighted by Gasteiger charge is 2.13. The quantitative estimate of drug-likeness (QED) is 0.616. The van der Waals surface area contributed by atoms with E-state index in [2.05, 4.69) is 40.2 Å². The van der Waals surface area contributed by atoms with Crippen molar-refractivity contribution in [1.29, 1.82) is 0 Å². The Bertz CT molecular complexity index is 1130. The number of H-pyrrole nitrogens is 1. The van der Waals surface area contributed by atoms with Crippen LogP contribution in [0.1, 0.15) is 24.2 Å². The summed E-state index contributed by atoms with van der Waals surface area (Å²) < 4.78 is 1.82. The zero-order valence-electron chi connectivity index (χ0n) is 14.7. The van der Waals surface area contributed by atoms with Gasteiger partial charge in [0.2, 0.25) is 0 Å². The molecule has 0 aliphatic carbocycles. The summed E-state index contributed by atoms with van der Waals surface area (Å²) in [5.41, 5.74) is 4.30. The Labute approximate surface area is 150 Å². The Balaban J connectivity index is 1.64.